The molecule has 0 amide bonds. The Labute approximate surface area is 165 Å². The van der Waals surface area contributed by atoms with Crippen molar-refractivity contribution in [3.63, 3.8) is 0 Å². The summed E-state index contributed by atoms with van der Waals surface area (Å²) in [4.78, 5) is 0. The van der Waals surface area contributed by atoms with E-state index in [-0.39, 0.29) is 19.8 Å². The van der Waals surface area contributed by atoms with Crippen LogP contribution in [0.4, 0.5) is 74.6 Å². The molecule has 0 spiro atoms. The van der Waals surface area contributed by atoms with Crippen LogP contribution in [0.15, 0.2) is 0 Å². The number of rotatable bonds is 7. The standard InChI is InChI=1S/C8HF17O3S.Ga.3H/c9-1(10,3(13,14)5(17,18)7(21,22)23)2(11,12)4(15,16)6(19,20)8(24,25)29(26,27)28;;;;/h(H,26,27,28);;;;. The summed E-state index contributed by atoms with van der Waals surface area (Å²) in [5.74, 6) is -52.0. The van der Waals surface area contributed by atoms with Gasteiger partial charge in [0.15, 0.2) is 0 Å². The van der Waals surface area contributed by atoms with Crippen LogP contribution in [0.1, 0.15) is 0 Å². The van der Waals surface area contributed by atoms with E-state index in [1.165, 1.54) is 0 Å². The quantitative estimate of drug-likeness (QED) is 0.288. The second kappa shape index (κ2) is 7.45. The van der Waals surface area contributed by atoms with Gasteiger partial charge in [0, 0.05) is 0 Å². The molecule has 0 saturated heterocycles. The van der Waals surface area contributed by atoms with Crippen molar-refractivity contribution in [3.05, 3.63) is 0 Å². The first-order valence-electron chi connectivity index (χ1n) is 5.68. The summed E-state index contributed by atoms with van der Waals surface area (Å²) in [5.41, 5.74) is 0. The molecule has 0 unspecified atom stereocenters. The summed E-state index contributed by atoms with van der Waals surface area (Å²) >= 11 is 0. The first-order valence-corrected chi connectivity index (χ1v) is 7.12. The number of hydrogen-bond acceptors (Lipinski definition) is 2. The van der Waals surface area contributed by atoms with E-state index in [1.54, 1.807) is 0 Å². The molecule has 182 valence electrons. The van der Waals surface area contributed by atoms with Gasteiger partial charge >= 0.3 is 76.9 Å². The molecule has 0 aliphatic carbocycles. The average Bonchev–Trinajstić information content (AvgIpc) is 2.43. The maximum atomic E-state index is 13.0. The Morgan fingerprint density at radius 2 is 0.633 bits per heavy atom. The van der Waals surface area contributed by atoms with Gasteiger partial charge in [-0.1, -0.05) is 0 Å². The summed E-state index contributed by atoms with van der Waals surface area (Å²) in [6.45, 7) is 0. The zero-order chi connectivity index (χ0) is 24.5. The van der Waals surface area contributed by atoms with E-state index >= 15 is 0 Å². The van der Waals surface area contributed by atoms with Crippen molar-refractivity contribution >= 4 is 29.9 Å². The predicted octanol–water partition coefficient (Wildman–Crippen LogP) is 3.66. The van der Waals surface area contributed by atoms with E-state index in [2.05, 4.69) is 0 Å². The molecular weight excluding hydrogens is 569 g/mol. The van der Waals surface area contributed by atoms with E-state index in [0.29, 0.717) is 0 Å². The molecule has 22 heteroatoms. The molecule has 0 radical (unpaired) electrons. The molecule has 0 atom stereocenters. The van der Waals surface area contributed by atoms with Crippen LogP contribution in [0.5, 0.6) is 0 Å². The number of hydrogen-bond donors (Lipinski definition) is 1. The zero-order valence-corrected chi connectivity index (χ0v) is 12.9. The molecule has 0 heterocycles. The van der Waals surface area contributed by atoms with Crippen LogP contribution in [0.2, 0.25) is 0 Å². The summed E-state index contributed by atoms with van der Waals surface area (Å²) in [6.07, 6.45) is -7.88. The van der Waals surface area contributed by atoms with Crippen molar-refractivity contribution in [1.82, 2.24) is 0 Å². The van der Waals surface area contributed by atoms with Gasteiger partial charge in [0.25, 0.3) is 0 Å². The fourth-order valence-electron chi connectivity index (χ4n) is 1.31. The molecule has 3 nitrogen and oxygen atoms in total. The monoisotopic (exact) mass is 572 g/mol. The van der Waals surface area contributed by atoms with Crippen molar-refractivity contribution in [1.29, 1.82) is 0 Å². The van der Waals surface area contributed by atoms with Crippen LogP contribution < -0.4 is 0 Å². The minimum atomic E-state index is -8.89. The van der Waals surface area contributed by atoms with Gasteiger partial charge in [0.2, 0.25) is 0 Å². The summed E-state index contributed by atoms with van der Waals surface area (Å²) in [5, 5.41) is -7.84. The third-order valence-corrected chi connectivity index (χ3v) is 3.92. The molecule has 0 aromatic heterocycles. The number of alkyl halides is 17. The summed E-state index contributed by atoms with van der Waals surface area (Å²) in [7, 11) is -7.89. The van der Waals surface area contributed by atoms with E-state index in [0.717, 1.165) is 0 Å². The van der Waals surface area contributed by atoms with Gasteiger partial charge in [0.05, 0.1) is 0 Å². The Hall–Kier alpha value is -0.644. The van der Waals surface area contributed by atoms with Crippen molar-refractivity contribution in [3.8, 4) is 0 Å². The minimum absolute atomic E-state index is 0. The normalized spacial score (nSPS) is 16.3. The Morgan fingerprint density at radius 3 is 0.833 bits per heavy atom. The molecule has 0 rings (SSSR count). The van der Waals surface area contributed by atoms with E-state index in [9.17, 15) is 83.1 Å². The third kappa shape index (κ3) is 3.73. The van der Waals surface area contributed by atoms with Crippen molar-refractivity contribution < 1.29 is 87.6 Å². The molecule has 30 heavy (non-hydrogen) atoms. The van der Waals surface area contributed by atoms with E-state index in [1.807, 2.05) is 0 Å². The van der Waals surface area contributed by atoms with E-state index < -0.39 is 57.1 Å². The van der Waals surface area contributed by atoms with Crippen LogP contribution in [0, 0.1) is 0 Å². The SMILES string of the molecule is O=S(=O)(O)C(F)(F)C(F)(F)C(F)(F)C(F)(F)C(F)(F)C(F)(F)C(F)(F)C(F)(F)F.[GaH3]. The van der Waals surface area contributed by atoms with Gasteiger partial charge in [0.1, 0.15) is 0 Å². The second-order valence-corrected chi connectivity index (χ2v) is 6.40. The zero-order valence-electron chi connectivity index (χ0n) is 12.1. The molecule has 0 aliphatic heterocycles. The van der Waals surface area contributed by atoms with Crippen LogP contribution in [-0.2, 0) is 10.1 Å². The molecule has 0 aromatic rings. The number of halogens is 17. The first kappa shape index (κ1) is 31.5. The molecular formula is C8H4F17GaO3S. The first-order chi connectivity index (χ1) is 12.0. The summed E-state index contributed by atoms with van der Waals surface area (Å²) in [6, 6.07) is 0. The van der Waals surface area contributed by atoms with Crippen molar-refractivity contribution in [2.75, 3.05) is 0 Å². The van der Waals surface area contributed by atoms with Crippen LogP contribution >= 0.6 is 0 Å². The molecule has 0 bridgehead atoms. The Morgan fingerprint density at radius 1 is 0.433 bits per heavy atom. The molecule has 1 N–H and O–H groups in total. The fourth-order valence-corrected chi connectivity index (χ4v) is 1.76. The third-order valence-electron chi connectivity index (χ3n) is 3.02. The van der Waals surface area contributed by atoms with Gasteiger partial charge in [-0.25, -0.2) is 0 Å². The van der Waals surface area contributed by atoms with Gasteiger partial charge < -0.3 is 0 Å². The fraction of sp³-hybridized carbons (Fsp3) is 1.00. The molecule has 0 aliphatic rings. The average molecular weight is 573 g/mol. The van der Waals surface area contributed by atoms with Gasteiger partial charge in [-0.05, 0) is 0 Å². The Balaban J connectivity index is 0. The topological polar surface area (TPSA) is 54.4 Å². The van der Waals surface area contributed by atoms with Crippen molar-refractivity contribution in [2.24, 2.45) is 0 Å². The van der Waals surface area contributed by atoms with Crippen LogP contribution in [0.3, 0.4) is 0 Å². The molecule has 0 aromatic carbocycles. The van der Waals surface area contributed by atoms with Gasteiger partial charge in [-0.2, -0.15) is 83.1 Å². The molecule has 0 fully saturated rings. The molecule has 0 saturated carbocycles. The summed E-state index contributed by atoms with van der Waals surface area (Å²) < 4.78 is 242. The maximum absolute atomic E-state index is 13.0. The Kier molecular flexibility index (Phi) is 7.84. The van der Waals surface area contributed by atoms with E-state index in [4.69, 9.17) is 4.55 Å². The van der Waals surface area contributed by atoms with Crippen molar-refractivity contribution in [2.45, 2.75) is 47.0 Å². The van der Waals surface area contributed by atoms with Crippen LogP contribution in [-0.4, -0.2) is 79.7 Å². The Bertz CT molecular complexity index is 739. The predicted molar refractivity (Wildman–Crippen MR) is 62.2 cm³/mol. The second-order valence-electron chi connectivity index (χ2n) is 4.94. The van der Waals surface area contributed by atoms with Gasteiger partial charge in [-0.15, -0.1) is 0 Å². The van der Waals surface area contributed by atoms with Gasteiger partial charge in [-0.3, -0.25) is 4.55 Å². The van der Waals surface area contributed by atoms with Crippen LogP contribution in [0.25, 0.3) is 0 Å².